The summed E-state index contributed by atoms with van der Waals surface area (Å²) < 4.78 is 4.59. The van der Waals surface area contributed by atoms with Crippen molar-refractivity contribution in [1.82, 2.24) is 0 Å². The van der Waals surface area contributed by atoms with Crippen LogP contribution in [0.2, 0.25) is 0 Å². The molecule has 6 heteroatoms. The van der Waals surface area contributed by atoms with Crippen LogP contribution < -0.4 is 0 Å². The van der Waals surface area contributed by atoms with Crippen molar-refractivity contribution in [3.8, 4) is 5.75 Å². The zero-order valence-corrected chi connectivity index (χ0v) is 9.17. The van der Waals surface area contributed by atoms with Crippen LogP contribution in [0.4, 0.5) is 5.69 Å². The number of ether oxygens (including phenoxy) is 1. The van der Waals surface area contributed by atoms with Crippen molar-refractivity contribution in [3.63, 3.8) is 0 Å². The number of rotatable bonds is 3. The second kappa shape index (κ2) is 4.04. The molecule has 6 nitrogen and oxygen atoms in total. The van der Waals surface area contributed by atoms with Crippen molar-refractivity contribution in [3.05, 3.63) is 33.4 Å². The molecule has 1 saturated carbocycles. The highest BCUT2D eigenvalue weighted by Crippen LogP contribution is 2.44. The SMILES string of the molecule is COC(=O)c1cc([N+](=O)[O-])c(O)cc1C1CC1. The Kier molecular flexibility index (Phi) is 2.71. The summed E-state index contributed by atoms with van der Waals surface area (Å²) in [6.07, 6.45) is 1.84. The number of methoxy groups -OCH3 is 1. The van der Waals surface area contributed by atoms with Crippen molar-refractivity contribution in [1.29, 1.82) is 0 Å². The van der Waals surface area contributed by atoms with Gasteiger partial charge in [-0.3, -0.25) is 10.1 Å². The first-order valence-corrected chi connectivity index (χ1v) is 5.14. The summed E-state index contributed by atoms with van der Waals surface area (Å²) in [6, 6.07) is 2.37. The molecule has 1 aromatic rings. The van der Waals surface area contributed by atoms with Crippen LogP contribution in [-0.4, -0.2) is 23.1 Å². The molecule has 0 radical (unpaired) electrons. The van der Waals surface area contributed by atoms with E-state index >= 15 is 0 Å². The van der Waals surface area contributed by atoms with E-state index in [2.05, 4.69) is 4.74 Å². The Morgan fingerprint density at radius 1 is 1.53 bits per heavy atom. The van der Waals surface area contributed by atoms with Crippen LogP contribution in [0.3, 0.4) is 0 Å². The highest BCUT2D eigenvalue weighted by atomic mass is 16.6. The van der Waals surface area contributed by atoms with Gasteiger partial charge in [-0.2, -0.15) is 0 Å². The molecule has 1 N–H and O–H groups in total. The van der Waals surface area contributed by atoms with Gasteiger partial charge in [0, 0.05) is 6.07 Å². The minimum absolute atomic E-state index is 0.166. The fraction of sp³-hybridized carbons (Fsp3) is 0.364. The largest absolute Gasteiger partial charge is 0.502 e. The van der Waals surface area contributed by atoms with Crippen molar-refractivity contribution < 1.29 is 19.6 Å². The Morgan fingerprint density at radius 2 is 2.18 bits per heavy atom. The number of carbonyl (C=O) groups excluding carboxylic acids is 1. The molecule has 0 spiro atoms. The van der Waals surface area contributed by atoms with Gasteiger partial charge in [0.2, 0.25) is 0 Å². The maximum atomic E-state index is 11.5. The van der Waals surface area contributed by atoms with E-state index in [4.69, 9.17) is 0 Å². The molecule has 0 saturated heterocycles. The summed E-state index contributed by atoms with van der Waals surface area (Å²) in [7, 11) is 1.22. The number of phenols is 1. The molecule has 90 valence electrons. The van der Waals surface area contributed by atoms with Gasteiger partial charge >= 0.3 is 11.7 Å². The van der Waals surface area contributed by atoms with E-state index in [1.807, 2.05) is 0 Å². The van der Waals surface area contributed by atoms with Gasteiger partial charge in [-0.15, -0.1) is 0 Å². The molecule has 0 amide bonds. The number of hydrogen-bond donors (Lipinski definition) is 1. The summed E-state index contributed by atoms with van der Waals surface area (Å²) in [5.41, 5.74) is 0.314. The smallest absolute Gasteiger partial charge is 0.338 e. The molecule has 1 aromatic carbocycles. The van der Waals surface area contributed by atoms with Crippen LogP contribution in [0.1, 0.15) is 34.7 Å². The number of aromatic hydroxyl groups is 1. The van der Waals surface area contributed by atoms with Crippen molar-refractivity contribution in [2.24, 2.45) is 0 Å². The van der Waals surface area contributed by atoms with Gasteiger partial charge in [0.1, 0.15) is 0 Å². The first-order chi connectivity index (χ1) is 8.04. The molecule has 1 aliphatic carbocycles. The number of esters is 1. The fourth-order valence-electron chi connectivity index (χ4n) is 1.76. The van der Waals surface area contributed by atoms with Crippen molar-refractivity contribution in [2.45, 2.75) is 18.8 Å². The molecule has 1 aliphatic rings. The third-order valence-corrected chi connectivity index (χ3v) is 2.77. The van der Waals surface area contributed by atoms with Gasteiger partial charge in [0.05, 0.1) is 17.6 Å². The second-order valence-electron chi connectivity index (χ2n) is 3.95. The lowest BCUT2D eigenvalue weighted by molar-refractivity contribution is -0.385. The summed E-state index contributed by atoms with van der Waals surface area (Å²) in [5, 5.41) is 20.2. The van der Waals surface area contributed by atoms with E-state index < -0.39 is 22.3 Å². The Morgan fingerprint density at radius 3 is 2.65 bits per heavy atom. The first-order valence-electron chi connectivity index (χ1n) is 5.14. The highest BCUT2D eigenvalue weighted by molar-refractivity contribution is 5.92. The number of phenolic OH excluding ortho intramolecular Hbond substituents is 1. The molecular weight excluding hydrogens is 226 g/mol. The molecule has 0 unspecified atom stereocenters. The Bertz CT molecular complexity index is 493. The minimum Gasteiger partial charge on any atom is -0.502 e. The average Bonchev–Trinajstić information content (AvgIpc) is 3.11. The zero-order valence-electron chi connectivity index (χ0n) is 9.17. The maximum absolute atomic E-state index is 11.5. The first kappa shape index (κ1) is 11.4. The summed E-state index contributed by atoms with van der Waals surface area (Å²) in [5.74, 6) is -0.838. The molecule has 0 atom stereocenters. The van der Waals surface area contributed by atoms with Crippen LogP contribution in [0, 0.1) is 10.1 Å². The number of carbonyl (C=O) groups is 1. The van der Waals surface area contributed by atoms with Crippen molar-refractivity contribution in [2.75, 3.05) is 7.11 Å². The number of hydrogen-bond acceptors (Lipinski definition) is 5. The molecular formula is C11H11NO5. The number of benzene rings is 1. The van der Waals surface area contributed by atoms with Gasteiger partial charge < -0.3 is 9.84 Å². The van der Waals surface area contributed by atoms with E-state index in [0.717, 1.165) is 18.9 Å². The molecule has 2 rings (SSSR count). The van der Waals surface area contributed by atoms with E-state index in [-0.39, 0.29) is 11.5 Å². The molecule has 0 heterocycles. The third kappa shape index (κ3) is 2.06. The van der Waals surface area contributed by atoms with Crippen LogP contribution in [0.5, 0.6) is 5.75 Å². The zero-order chi connectivity index (χ0) is 12.6. The average molecular weight is 237 g/mol. The van der Waals surface area contributed by atoms with E-state index in [9.17, 15) is 20.0 Å². The molecule has 0 aromatic heterocycles. The highest BCUT2D eigenvalue weighted by Gasteiger charge is 2.31. The lowest BCUT2D eigenvalue weighted by Crippen LogP contribution is -2.06. The lowest BCUT2D eigenvalue weighted by Gasteiger charge is -2.07. The van der Waals surface area contributed by atoms with Gasteiger partial charge in [0.15, 0.2) is 5.75 Å². The predicted molar refractivity (Wildman–Crippen MR) is 58.1 cm³/mol. The standard InChI is InChI=1S/C11H11NO5/c1-17-11(14)8-4-9(12(15)16)10(13)5-7(8)6-2-3-6/h4-6,13H,2-3H2,1H3. The molecule has 0 bridgehead atoms. The van der Waals surface area contributed by atoms with Gasteiger partial charge in [-0.25, -0.2) is 4.79 Å². The maximum Gasteiger partial charge on any atom is 0.338 e. The Balaban J connectivity index is 2.55. The van der Waals surface area contributed by atoms with Crippen LogP contribution in [0.15, 0.2) is 12.1 Å². The number of nitro groups is 1. The molecule has 17 heavy (non-hydrogen) atoms. The summed E-state index contributed by atoms with van der Waals surface area (Å²) in [4.78, 5) is 21.5. The molecule has 1 fully saturated rings. The van der Waals surface area contributed by atoms with Gasteiger partial charge in [-0.05, 0) is 30.4 Å². The van der Waals surface area contributed by atoms with E-state index in [1.54, 1.807) is 0 Å². The summed E-state index contributed by atoms with van der Waals surface area (Å²) in [6.45, 7) is 0. The third-order valence-electron chi connectivity index (χ3n) is 2.77. The Hall–Kier alpha value is -2.11. The normalized spacial score (nSPS) is 14.4. The Labute approximate surface area is 97.0 Å². The van der Waals surface area contributed by atoms with Gasteiger partial charge in [-0.1, -0.05) is 0 Å². The van der Waals surface area contributed by atoms with Gasteiger partial charge in [0.25, 0.3) is 0 Å². The predicted octanol–water partition coefficient (Wildman–Crippen LogP) is 1.96. The number of nitrogens with zero attached hydrogens (tertiary/aromatic N) is 1. The monoisotopic (exact) mass is 237 g/mol. The quantitative estimate of drug-likeness (QED) is 0.493. The summed E-state index contributed by atoms with van der Waals surface area (Å²) >= 11 is 0. The van der Waals surface area contributed by atoms with E-state index in [0.29, 0.717) is 5.56 Å². The van der Waals surface area contributed by atoms with Crippen LogP contribution in [-0.2, 0) is 4.74 Å². The lowest BCUT2D eigenvalue weighted by atomic mass is 10.0. The fourth-order valence-corrected chi connectivity index (χ4v) is 1.76. The van der Waals surface area contributed by atoms with Crippen LogP contribution in [0.25, 0.3) is 0 Å². The van der Waals surface area contributed by atoms with Crippen LogP contribution >= 0.6 is 0 Å². The topological polar surface area (TPSA) is 89.7 Å². The number of nitro benzene ring substituents is 1. The second-order valence-corrected chi connectivity index (χ2v) is 3.95. The van der Waals surface area contributed by atoms with E-state index in [1.165, 1.54) is 13.2 Å². The van der Waals surface area contributed by atoms with Crippen molar-refractivity contribution >= 4 is 11.7 Å². The minimum atomic E-state index is -0.724. The molecule has 0 aliphatic heterocycles.